The Labute approximate surface area is 182 Å². The quantitative estimate of drug-likeness (QED) is 0.580. The van der Waals surface area contributed by atoms with Crippen LogP contribution in [0.5, 0.6) is 17.4 Å². The van der Waals surface area contributed by atoms with E-state index < -0.39 is 5.92 Å². The zero-order valence-electron chi connectivity index (χ0n) is 16.4. The minimum atomic E-state index is -0.395. The van der Waals surface area contributed by atoms with Crippen LogP contribution >= 0.6 is 15.9 Å². The molecule has 0 radical (unpaired) electrons. The van der Waals surface area contributed by atoms with Crippen molar-refractivity contribution in [2.24, 2.45) is 5.73 Å². The van der Waals surface area contributed by atoms with E-state index in [1.54, 1.807) is 7.11 Å². The van der Waals surface area contributed by atoms with E-state index in [1.165, 1.54) is 0 Å². The summed E-state index contributed by atoms with van der Waals surface area (Å²) in [6, 6.07) is 15.6. The number of methoxy groups -OCH3 is 1. The van der Waals surface area contributed by atoms with E-state index in [0.717, 1.165) is 32.6 Å². The lowest BCUT2D eigenvalue weighted by molar-refractivity contribution is 0.296. The molecule has 0 saturated heterocycles. The summed E-state index contributed by atoms with van der Waals surface area (Å²) in [5, 5.41) is 16.8. The fourth-order valence-electron chi connectivity index (χ4n) is 3.54. The average Bonchev–Trinajstić information content (AvgIpc) is 3.11. The molecule has 1 atom stereocenters. The number of aromatic amines is 1. The van der Waals surface area contributed by atoms with Crippen LogP contribution in [0, 0.1) is 18.3 Å². The third kappa shape index (κ3) is 3.60. The number of benzene rings is 2. The lowest BCUT2D eigenvalue weighted by Crippen LogP contribution is -2.21. The molecule has 3 aromatic rings. The van der Waals surface area contributed by atoms with E-state index in [-0.39, 0.29) is 5.88 Å². The maximum absolute atomic E-state index is 9.74. The number of nitrogens with two attached hydrogens (primary N) is 1. The highest BCUT2D eigenvalue weighted by Crippen LogP contribution is 2.43. The van der Waals surface area contributed by atoms with E-state index in [0.29, 0.717) is 23.8 Å². The number of aryl methyl sites for hydroxylation is 1. The van der Waals surface area contributed by atoms with Crippen molar-refractivity contribution >= 4 is 15.9 Å². The molecule has 1 aromatic heterocycles. The molecule has 0 spiro atoms. The Balaban J connectivity index is 1.74. The summed E-state index contributed by atoms with van der Waals surface area (Å²) in [6.07, 6.45) is 0. The molecule has 1 unspecified atom stereocenters. The number of hydrogen-bond donors (Lipinski definition) is 2. The number of fused-ring (bicyclic) bond motifs is 1. The number of H-pyrrole nitrogens is 1. The van der Waals surface area contributed by atoms with Crippen LogP contribution in [0.25, 0.3) is 0 Å². The number of halogens is 1. The van der Waals surface area contributed by atoms with Crippen molar-refractivity contribution in [3.8, 4) is 23.4 Å². The topological polar surface area (TPSA) is 106 Å². The number of nitriles is 1. The summed E-state index contributed by atoms with van der Waals surface area (Å²) in [5.74, 6) is 1.48. The Morgan fingerprint density at radius 3 is 2.87 bits per heavy atom. The average molecular weight is 467 g/mol. The molecule has 1 aliphatic heterocycles. The van der Waals surface area contributed by atoms with E-state index in [1.807, 2.05) is 49.4 Å². The highest BCUT2D eigenvalue weighted by atomic mass is 79.9. The van der Waals surface area contributed by atoms with Crippen LogP contribution in [0.1, 0.15) is 28.3 Å². The molecule has 0 amide bonds. The smallest absolute Gasteiger partial charge is 0.244 e. The second-order valence-electron chi connectivity index (χ2n) is 6.81. The molecule has 4 rings (SSSR count). The van der Waals surface area contributed by atoms with Crippen LogP contribution in [0.2, 0.25) is 0 Å². The summed E-state index contributed by atoms with van der Waals surface area (Å²) in [4.78, 5) is 0. The van der Waals surface area contributed by atoms with Gasteiger partial charge in [0.1, 0.15) is 29.7 Å². The van der Waals surface area contributed by atoms with E-state index in [9.17, 15) is 5.26 Å². The van der Waals surface area contributed by atoms with Crippen molar-refractivity contribution in [2.45, 2.75) is 19.4 Å². The van der Waals surface area contributed by atoms with E-state index in [4.69, 9.17) is 19.9 Å². The fourth-order valence-corrected chi connectivity index (χ4v) is 3.92. The van der Waals surface area contributed by atoms with Crippen molar-refractivity contribution in [3.63, 3.8) is 0 Å². The fraction of sp³-hybridized carbons (Fsp3) is 0.182. The molecule has 7 nitrogen and oxygen atoms in total. The SMILES string of the molecule is COc1ccc(C2C(C#N)=C(N)Oc3n[nH]c(C)c32)cc1COc1cccc(Br)c1. The molecule has 0 saturated carbocycles. The minimum absolute atomic E-state index is 0.0595. The van der Waals surface area contributed by atoms with Gasteiger partial charge in [-0.05, 0) is 42.8 Å². The van der Waals surface area contributed by atoms with Gasteiger partial charge in [-0.25, -0.2) is 0 Å². The van der Waals surface area contributed by atoms with Gasteiger partial charge in [-0.15, -0.1) is 5.10 Å². The molecule has 2 heterocycles. The molecule has 3 N–H and O–H groups in total. The number of rotatable bonds is 5. The van der Waals surface area contributed by atoms with Crippen LogP contribution in [-0.2, 0) is 6.61 Å². The molecular weight excluding hydrogens is 448 g/mol. The third-order valence-electron chi connectivity index (χ3n) is 4.96. The Bertz CT molecular complexity index is 1180. The number of ether oxygens (including phenoxy) is 3. The first kappa shape index (κ1) is 19.9. The number of allylic oxidation sites excluding steroid dienone is 1. The maximum Gasteiger partial charge on any atom is 0.244 e. The van der Waals surface area contributed by atoms with Crippen LogP contribution in [0.4, 0.5) is 0 Å². The molecule has 1 aliphatic rings. The van der Waals surface area contributed by atoms with Gasteiger partial charge in [0.05, 0.1) is 13.0 Å². The molecule has 8 heteroatoms. The van der Waals surface area contributed by atoms with Gasteiger partial charge in [0.2, 0.25) is 11.8 Å². The Morgan fingerprint density at radius 1 is 1.30 bits per heavy atom. The summed E-state index contributed by atoms with van der Waals surface area (Å²) >= 11 is 3.45. The van der Waals surface area contributed by atoms with Crippen LogP contribution in [0.15, 0.2) is 58.4 Å². The second kappa shape index (κ2) is 8.13. The van der Waals surface area contributed by atoms with Crippen LogP contribution in [0.3, 0.4) is 0 Å². The van der Waals surface area contributed by atoms with Crippen molar-refractivity contribution in [2.75, 3.05) is 7.11 Å². The predicted octanol–water partition coefficient (Wildman–Crippen LogP) is 4.29. The molecule has 0 bridgehead atoms. The van der Waals surface area contributed by atoms with Gasteiger partial charge < -0.3 is 19.9 Å². The Kier molecular flexibility index (Phi) is 5.38. The normalized spacial score (nSPS) is 15.2. The molecule has 152 valence electrons. The Hall–Kier alpha value is -3.44. The highest BCUT2D eigenvalue weighted by molar-refractivity contribution is 9.10. The second-order valence-corrected chi connectivity index (χ2v) is 7.73. The lowest BCUT2D eigenvalue weighted by atomic mass is 9.83. The van der Waals surface area contributed by atoms with Gasteiger partial charge in [-0.2, -0.15) is 5.26 Å². The largest absolute Gasteiger partial charge is 0.496 e. The first-order chi connectivity index (χ1) is 14.5. The maximum atomic E-state index is 9.74. The number of hydrogen-bond acceptors (Lipinski definition) is 6. The van der Waals surface area contributed by atoms with Crippen molar-refractivity contribution in [3.05, 3.63) is 80.8 Å². The minimum Gasteiger partial charge on any atom is -0.496 e. The zero-order valence-corrected chi connectivity index (χ0v) is 18.0. The first-order valence-electron chi connectivity index (χ1n) is 9.19. The summed E-state index contributed by atoms with van der Waals surface area (Å²) in [5.41, 5.74) is 9.69. The third-order valence-corrected chi connectivity index (χ3v) is 5.45. The van der Waals surface area contributed by atoms with Gasteiger partial charge in [-0.3, -0.25) is 5.10 Å². The number of nitrogens with one attached hydrogen (secondary N) is 1. The van der Waals surface area contributed by atoms with Gasteiger partial charge in [0, 0.05) is 21.3 Å². The van der Waals surface area contributed by atoms with Gasteiger partial charge in [0.25, 0.3) is 0 Å². The monoisotopic (exact) mass is 466 g/mol. The molecule has 2 aromatic carbocycles. The Morgan fingerprint density at radius 2 is 2.13 bits per heavy atom. The van der Waals surface area contributed by atoms with Crippen LogP contribution < -0.4 is 19.9 Å². The van der Waals surface area contributed by atoms with Gasteiger partial charge in [0.15, 0.2) is 0 Å². The molecule has 0 fully saturated rings. The van der Waals surface area contributed by atoms with E-state index >= 15 is 0 Å². The van der Waals surface area contributed by atoms with Crippen molar-refractivity contribution < 1.29 is 14.2 Å². The summed E-state index contributed by atoms with van der Waals surface area (Å²) in [7, 11) is 1.61. The molecule has 0 aliphatic carbocycles. The van der Waals surface area contributed by atoms with E-state index in [2.05, 4.69) is 32.2 Å². The predicted molar refractivity (Wildman–Crippen MR) is 114 cm³/mol. The molecule has 30 heavy (non-hydrogen) atoms. The number of aromatic nitrogens is 2. The molecular formula is C22H19BrN4O3. The zero-order chi connectivity index (χ0) is 21.3. The number of nitrogens with zero attached hydrogens (tertiary/aromatic N) is 2. The van der Waals surface area contributed by atoms with Crippen molar-refractivity contribution in [1.82, 2.24) is 10.2 Å². The standard InChI is InChI=1S/C22H19BrN4O3/c1-12-19-20(17(10-24)21(25)30-22(19)27-26-12)13-6-7-18(28-2)14(8-13)11-29-16-5-3-4-15(23)9-16/h3-9,20H,11,25H2,1-2H3,(H,26,27). The highest BCUT2D eigenvalue weighted by Gasteiger charge is 2.34. The van der Waals surface area contributed by atoms with Gasteiger partial charge in [-0.1, -0.05) is 28.1 Å². The summed E-state index contributed by atoms with van der Waals surface area (Å²) < 4.78 is 17.9. The first-order valence-corrected chi connectivity index (χ1v) is 9.98. The van der Waals surface area contributed by atoms with Gasteiger partial charge >= 0.3 is 0 Å². The van der Waals surface area contributed by atoms with Crippen LogP contribution in [-0.4, -0.2) is 17.3 Å². The lowest BCUT2D eigenvalue weighted by Gasteiger charge is -2.24. The van der Waals surface area contributed by atoms with Crippen molar-refractivity contribution in [1.29, 1.82) is 5.26 Å². The summed E-state index contributed by atoms with van der Waals surface area (Å²) in [6.45, 7) is 2.19.